The lowest BCUT2D eigenvalue weighted by Gasteiger charge is -2.42. The first kappa shape index (κ1) is 15.3. The molecule has 1 N–H and O–H groups in total. The van der Waals surface area contributed by atoms with E-state index in [-0.39, 0.29) is 0 Å². The average Bonchev–Trinajstić information content (AvgIpc) is 3.14. The Morgan fingerprint density at radius 1 is 1.11 bits per heavy atom. The molecule has 0 spiro atoms. The fraction of sp³-hybridized carbons (Fsp3) is 1.00. The second kappa shape index (κ2) is 6.58. The molecule has 3 unspecified atom stereocenters. The Morgan fingerprint density at radius 3 is 2.42 bits per heavy atom. The van der Waals surface area contributed by atoms with Crippen molar-refractivity contribution in [2.24, 2.45) is 17.3 Å². The summed E-state index contributed by atoms with van der Waals surface area (Å²) in [6.45, 7) is 11.4. The van der Waals surface area contributed by atoms with Crippen LogP contribution in [0.4, 0.5) is 0 Å². The van der Waals surface area contributed by atoms with Crippen LogP contribution in [0.2, 0.25) is 0 Å². The Labute approximate surface area is 119 Å². The maximum absolute atomic E-state index is 6.26. The van der Waals surface area contributed by atoms with Crippen molar-refractivity contribution in [2.45, 2.75) is 78.4 Å². The normalized spacial score (nSPS) is 32.5. The first-order valence-corrected chi connectivity index (χ1v) is 8.35. The van der Waals surface area contributed by atoms with Crippen LogP contribution in [0.15, 0.2) is 0 Å². The van der Waals surface area contributed by atoms with E-state index in [1.807, 2.05) is 0 Å². The van der Waals surface area contributed by atoms with Crippen LogP contribution in [0.1, 0.15) is 66.2 Å². The summed E-state index contributed by atoms with van der Waals surface area (Å²) in [6, 6.07) is 0.586. The lowest BCUT2D eigenvalue weighted by atomic mass is 9.70. The number of rotatable bonds is 6. The van der Waals surface area contributed by atoms with E-state index in [1.54, 1.807) is 0 Å². The zero-order valence-corrected chi connectivity index (χ0v) is 13.4. The van der Waals surface area contributed by atoms with E-state index >= 15 is 0 Å². The number of hydrogen-bond acceptors (Lipinski definition) is 2. The SMILES string of the molecule is CCNC1CCC(C(C)(C)C)CC1OCCC1CC1. The van der Waals surface area contributed by atoms with Crippen molar-refractivity contribution in [3.05, 3.63) is 0 Å². The smallest absolute Gasteiger partial charge is 0.0730 e. The average molecular weight is 267 g/mol. The Kier molecular flexibility index (Phi) is 5.30. The van der Waals surface area contributed by atoms with E-state index in [1.165, 1.54) is 38.5 Å². The van der Waals surface area contributed by atoms with Crippen molar-refractivity contribution in [3.8, 4) is 0 Å². The Hall–Kier alpha value is -0.0800. The summed E-state index contributed by atoms with van der Waals surface area (Å²) in [5.74, 6) is 1.80. The van der Waals surface area contributed by atoms with E-state index < -0.39 is 0 Å². The highest BCUT2D eigenvalue weighted by atomic mass is 16.5. The molecule has 2 saturated carbocycles. The minimum atomic E-state index is 0.426. The Balaban J connectivity index is 1.83. The van der Waals surface area contributed by atoms with Crippen LogP contribution >= 0.6 is 0 Å². The van der Waals surface area contributed by atoms with Gasteiger partial charge >= 0.3 is 0 Å². The molecular formula is C17H33NO. The first-order valence-electron chi connectivity index (χ1n) is 8.35. The van der Waals surface area contributed by atoms with Crippen LogP contribution < -0.4 is 5.32 Å². The molecule has 0 bridgehead atoms. The van der Waals surface area contributed by atoms with Crippen LogP contribution in [0.3, 0.4) is 0 Å². The third-order valence-corrected chi connectivity index (χ3v) is 5.04. The van der Waals surface area contributed by atoms with E-state index in [0.717, 1.165) is 25.0 Å². The number of ether oxygens (including phenoxy) is 1. The molecule has 0 aromatic heterocycles. The molecule has 0 radical (unpaired) electrons. The van der Waals surface area contributed by atoms with Crippen LogP contribution in [0.5, 0.6) is 0 Å². The van der Waals surface area contributed by atoms with Gasteiger partial charge in [0.25, 0.3) is 0 Å². The Bertz CT molecular complexity index is 267. The zero-order chi connectivity index (χ0) is 13.9. The van der Waals surface area contributed by atoms with Gasteiger partial charge in [0, 0.05) is 12.6 Å². The lowest BCUT2D eigenvalue weighted by Crippen LogP contribution is -2.47. The lowest BCUT2D eigenvalue weighted by molar-refractivity contribution is -0.0293. The van der Waals surface area contributed by atoms with Crippen molar-refractivity contribution in [2.75, 3.05) is 13.2 Å². The zero-order valence-electron chi connectivity index (χ0n) is 13.4. The molecule has 2 nitrogen and oxygen atoms in total. The molecule has 0 saturated heterocycles. The van der Waals surface area contributed by atoms with Gasteiger partial charge in [-0.25, -0.2) is 0 Å². The predicted octanol–water partition coefficient (Wildman–Crippen LogP) is 4.00. The monoisotopic (exact) mass is 267 g/mol. The molecule has 0 aliphatic heterocycles. The minimum absolute atomic E-state index is 0.426. The maximum Gasteiger partial charge on any atom is 0.0730 e. The van der Waals surface area contributed by atoms with E-state index in [2.05, 4.69) is 33.0 Å². The molecule has 2 aliphatic carbocycles. The summed E-state index contributed by atoms with van der Waals surface area (Å²) in [5.41, 5.74) is 0.426. The van der Waals surface area contributed by atoms with Gasteiger partial charge in [0.05, 0.1) is 6.10 Å². The van der Waals surface area contributed by atoms with Crippen molar-refractivity contribution in [1.82, 2.24) is 5.32 Å². The van der Waals surface area contributed by atoms with E-state index in [4.69, 9.17) is 4.74 Å². The fourth-order valence-corrected chi connectivity index (χ4v) is 3.39. The first-order chi connectivity index (χ1) is 9.00. The standard InChI is InChI=1S/C17H33NO/c1-5-18-15-9-8-14(17(2,3)4)12-16(15)19-11-10-13-6-7-13/h13-16,18H,5-12H2,1-4H3. The van der Waals surface area contributed by atoms with Gasteiger partial charge in [0.1, 0.15) is 0 Å². The quantitative estimate of drug-likeness (QED) is 0.785. The third kappa shape index (κ3) is 4.75. The molecule has 0 aromatic carbocycles. The predicted molar refractivity (Wildman–Crippen MR) is 81.3 cm³/mol. The highest BCUT2D eigenvalue weighted by molar-refractivity contribution is 4.90. The van der Waals surface area contributed by atoms with Gasteiger partial charge in [-0.3, -0.25) is 0 Å². The van der Waals surface area contributed by atoms with Crippen LogP contribution in [0.25, 0.3) is 0 Å². The Morgan fingerprint density at radius 2 is 1.84 bits per heavy atom. The third-order valence-electron chi connectivity index (χ3n) is 5.04. The van der Waals surface area contributed by atoms with Crippen molar-refractivity contribution >= 4 is 0 Å². The second-order valence-corrected chi connectivity index (χ2v) is 7.68. The van der Waals surface area contributed by atoms with E-state index in [0.29, 0.717) is 17.6 Å². The minimum Gasteiger partial charge on any atom is -0.377 e. The second-order valence-electron chi connectivity index (χ2n) is 7.68. The molecule has 0 heterocycles. The van der Waals surface area contributed by atoms with Crippen LogP contribution in [-0.2, 0) is 4.74 Å². The van der Waals surface area contributed by atoms with Crippen molar-refractivity contribution < 1.29 is 4.74 Å². The van der Waals surface area contributed by atoms with Gasteiger partial charge in [0.15, 0.2) is 0 Å². The number of nitrogens with one attached hydrogen (secondary N) is 1. The van der Waals surface area contributed by atoms with Crippen LogP contribution in [-0.4, -0.2) is 25.3 Å². The summed E-state index contributed by atoms with van der Waals surface area (Å²) in [5, 5.41) is 3.64. The van der Waals surface area contributed by atoms with Gasteiger partial charge in [-0.1, -0.05) is 40.5 Å². The van der Waals surface area contributed by atoms with Gasteiger partial charge in [0.2, 0.25) is 0 Å². The highest BCUT2D eigenvalue weighted by Crippen LogP contribution is 2.39. The summed E-state index contributed by atoms with van der Waals surface area (Å²) < 4.78 is 6.26. The molecule has 0 amide bonds. The molecule has 2 rings (SSSR count). The molecule has 2 fully saturated rings. The largest absolute Gasteiger partial charge is 0.377 e. The molecule has 19 heavy (non-hydrogen) atoms. The molecule has 112 valence electrons. The van der Waals surface area contributed by atoms with Gasteiger partial charge in [-0.05, 0) is 49.5 Å². The molecular weight excluding hydrogens is 234 g/mol. The van der Waals surface area contributed by atoms with Crippen molar-refractivity contribution in [3.63, 3.8) is 0 Å². The van der Waals surface area contributed by atoms with Gasteiger partial charge in [-0.2, -0.15) is 0 Å². The van der Waals surface area contributed by atoms with Crippen molar-refractivity contribution in [1.29, 1.82) is 0 Å². The number of hydrogen-bond donors (Lipinski definition) is 1. The molecule has 0 aromatic rings. The maximum atomic E-state index is 6.26. The highest BCUT2D eigenvalue weighted by Gasteiger charge is 2.36. The summed E-state index contributed by atoms with van der Waals surface area (Å²) in [7, 11) is 0. The van der Waals surface area contributed by atoms with E-state index in [9.17, 15) is 0 Å². The summed E-state index contributed by atoms with van der Waals surface area (Å²) in [4.78, 5) is 0. The molecule has 2 heteroatoms. The van der Waals surface area contributed by atoms with Gasteiger partial charge in [-0.15, -0.1) is 0 Å². The summed E-state index contributed by atoms with van der Waals surface area (Å²) >= 11 is 0. The number of likely N-dealkylation sites (N-methyl/N-ethyl adjacent to an activating group) is 1. The fourth-order valence-electron chi connectivity index (χ4n) is 3.39. The molecule has 3 atom stereocenters. The van der Waals surface area contributed by atoms with Crippen LogP contribution in [0, 0.1) is 17.3 Å². The molecule has 2 aliphatic rings. The summed E-state index contributed by atoms with van der Waals surface area (Å²) in [6.07, 6.45) is 8.48. The van der Waals surface area contributed by atoms with Gasteiger partial charge < -0.3 is 10.1 Å². The topological polar surface area (TPSA) is 21.3 Å².